The lowest BCUT2D eigenvalue weighted by Gasteiger charge is -2.34. The first-order valence-corrected chi connectivity index (χ1v) is 10.7. The predicted octanol–water partition coefficient (Wildman–Crippen LogP) is 2.68. The maximum absolute atomic E-state index is 13.4. The highest BCUT2D eigenvalue weighted by Crippen LogP contribution is 2.33. The number of benzene rings is 2. The predicted molar refractivity (Wildman–Crippen MR) is 119 cm³/mol. The first-order chi connectivity index (χ1) is 15.4. The van der Waals surface area contributed by atoms with Crippen LogP contribution in [-0.4, -0.2) is 72.2 Å². The molecule has 4 rings (SSSR count). The van der Waals surface area contributed by atoms with Crippen LogP contribution >= 0.6 is 0 Å². The number of amides is 2. The van der Waals surface area contributed by atoms with Gasteiger partial charge >= 0.3 is 0 Å². The summed E-state index contributed by atoms with van der Waals surface area (Å²) in [7, 11) is 1.61. The molecular weight excluding hydrogens is 411 g/mol. The van der Waals surface area contributed by atoms with Crippen molar-refractivity contribution >= 4 is 17.5 Å². The maximum Gasteiger partial charge on any atom is 0.257 e. The molecule has 0 spiro atoms. The first-order valence-electron chi connectivity index (χ1n) is 10.7. The average molecular weight is 439 g/mol. The van der Waals surface area contributed by atoms with Gasteiger partial charge in [0, 0.05) is 39.5 Å². The highest BCUT2D eigenvalue weighted by atomic mass is 19.1. The van der Waals surface area contributed by atoms with E-state index in [1.807, 2.05) is 24.3 Å². The molecule has 0 N–H and O–H groups in total. The van der Waals surface area contributed by atoms with Gasteiger partial charge in [-0.1, -0.05) is 24.3 Å². The topological polar surface area (TPSA) is 65.5 Å². The first kappa shape index (κ1) is 22.0. The Bertz CT molecular complexity index is 999. The number of hydrazone groups is 1. The van der Waals surface area contributed by atoms with Gasteiger partial charge in [-0.15, -0.1) is 0 Å². The number of hydrogen-bond acceptors (Lipinski definition) is 5. The van der Waals surface area contributed by atoms with Gasteiger partial charge in [0.2, 0.25) is 5.91 Å². The lowest BCUT2D eigenvalue weighted by atomic mass is 9.98. The molecule has 0 radical (unpaired) electrons. The van der Waals surface area contributed by atoms with Gasteiger partial charge in [-0.05, 0) is 35.4 Å². The van der Waals surface area contributed by atoms with Crippen LogP contribution in [0.1, 0.15) is 30.5 Å². The number of halogens is 1. The van der Waals surface area contributed by atoms with E-state index in [2.05, 4.69) is 10.0 Å². The Morgan fingerprint density at radius 2 is 1.69 bits per heavy atom. The van der Waals surface area contributed by atoms with Crippen molar-refractivity contribution in [1.29, 1.82) is 0 Å². The average Bonchev–Trinajstić information content (AvgIpc) is 3.25. The zero-order valence-corrected chi connectivity index (χ0v) is 18.3. The minimum Gasteiger partial charge on any atom is -0.497 e. The standard InChI is InChI=1S/C24H27FN4O3/c1-17(30)28-13-11-27(12-14-28)16-24(31)29-23(19-5-9-21(32-2)10-6-19)15-22(26-29)18-3-7-20(25)8-4-18/h3-10,23H,11-16H2,1-2H3/t23-/m1/s1. The smallest absolute Gasteiger partial charge is 0.257 e. The quantitative estimate of drug-likeness (QED) is 0.720. The van der Waals surface area contributed by atoms with E-state index >= 15 is 0 Å². The van der Waals surface area contributed by atoms with Gasteiger partial charge in [-0.2, -0.15) is 5.10 Å². The third kappa shape index (κ3) is 4.80. The summed E-state index contributed by atoms with van der Waals surface area (Å²) in [5.74, 6) is 0.396. The summed E-state index contributed by atoms with van der Waals surface area (Å²) < 4.78 is 18.6. The Kier molecular flexibility index (Phi) is 6.50. The number of methoxy groups -OCH3 is 1. The fourth-order valence-corrected chi connectivity index (χ4v) is 4.13. The van der Waals surface area contributed by atoms with Gasteiger partial charge in [0.25, 0.3) is 5.91 Å². The fraction of sp³-hybridized carbons (Fsp3) is 0.375. The van der Waals surface area contributed by atoms with Crippen molar-refractivity contribution < 1.29 is 18.7 Å². The Balaban J connectivity index is 1.53. The van der Waals surface area contributed by atoms with Crippen LogP contribution in [0.25, 0.3) is 0 Å². The van der Waals surface area contributed by atoms with Crippen molar-refractivity contribution in [2.24, 2.45) is 5.10 Å². The van der Waals surface area contributed by atoms with Crippen molar-refractivity contribution in [3.8, 4) is 5.75 Å². The summed E-state index contributed by atoms with van der Waals surface area (Å²) in [6.45, 7) is 4.35. The molecule has 2 aromatic carbocycles. The molecule has 2 heterocycles. The van der Waals surface area contributed by atoms with E-state index in [0.29, 0.717) is 32.6 Å². The second-order valence-electron chi connectivity index (χ2n) is 8.07. The normalized spacial score (nSPS) is 19.1. The number of rotatable bonds is 5. The van der Waals surface area contributed by atoms with Gasteiger partial charge in [0.15, 0.2) is 0 Å². The molecule has 2 aromatic rings. The van der Waals surface area contributed by atoms with Crippen LogP contribution in [-0.2, 0) is 9.59 Å². The number of carbonyl (C=O) groups is 2. The van der Waals surface area contributed by atoms with E-state index in [4.69, 9.17) is 4.74 Å². The number of nitrogens with zero attached hydrogens (tertiary/aromatic N) is 4. The monoisotopic (exact) mass is 438 g/mol. The van der Waals surface area contributed by atoms with E-state index in [1.165, 1.54) is 12.1 Å². The van der Waals surface area contributed by atoms with Crippen molar-refractivity contribution in [3.05, 3.63) is 65.5 Å². The zero-order valence-electron chi connectivity index (χ0n) is 18.3. The summed E-state index contributed by atoms with van der Waals surface area (Å²) in [6.07, 6.45) is 0.543. The summed E-state index contributed by atoms with van der Waals surface area (Å²) in [6, 6.07) is 13.6. The molecule has 1 saturated heterocycles. The van der Waals surface area contributed by atoms with Gasteiger partial charge in [-0.3, -0.25) is 14.5 Å². The molecule has 2 aliphatic heterocycles. The van der Waals surface area contributed by atoms with Crippen molar-refractivity contribution in [1.82, 2.24) is 14.8 Å². The number of carbonyl (C=O) groups excluding carboxylic acids is 2. The fourth-order valence-electron chi connectivity index (χ4n) is 4.13. The van der Waals surface area contributed by atoms with Gasteiger partial charge in [0.05, 0.1) is 25.4 Å². The van der Waals surface area contributed by atoms with Crippen LogP contribution in [0.2, 0.25) is 0 Å². The third-order valence-electron chi connectivity index (χ3n) is 6.02. The Morgan fingerprint density at radius 3 is 2.28 bits per heavy atom. The minimum absolute atomic E-state index is 0.0589. The van der Waals surface area contributed by atoms with Crippen LogP contribution in [0, 0.1) is 5.82 Å². The molecule has 8 heteroatoms. The molecular formula is C24H27FN4O3. The molecule has 0 aromatic heterocycles. The summed E-state index contributed by atoms with van der Waals surface area (Å²) in [5, 5.41) is 6.21. The SMILES string of the molecule is COc1ccc([C@H]2CC(c3ccc(F)cc3)=NN2C(=O)CN2CCN(C(C)=O)CC2)cc1. The number of ether oxygens (including phenoxy) is 1. The van der Waals surface area contributed by atoms with E-state index in [-0.39, 0.29) is 30.2 Å². The van der Waals surface area contributed by atoms with Crippen LogP contribution in [0.5, 0.6) is 5.75 Å². The molecule has 168 valence electrons. The summed E-state index contributed by atoms with van der Waals surface area (Å²) in [5.41, 5.74) is 2.51. The molecule has 1 atom stereocenters. The molecule has 1 fully saturated rings. The van der Waals surface area contributed by atoms with Gasteiger partial charge in [-0.25, -0.2) is 9.40 Å². The van der Waals surface area contributed by atoms with Crippen LogP contribution in [0.4, 0.5) is 4.39 Å². The summed E-state index contributed by atoms with van der Waals surface area (Å²) >= 11 is 0. The molecule has 2 aliphatic rings. The lowest BCUT2D eigenvalue weighted by Crippen LogP contribution is -2.50. The van der Waals surface area contributed by atoms with E-state index in [9.17, 15) is 14.0 Å². The van der Waals surface area contributed by atoms with Crippen molar-refractivity contribution in [3.63, 3.8) is 0 Å². The summed E-state index contributed by atoms with van der Waals surface area (Å²) in [4.78, 5) is 28.7. The number of piperazine rings is 1. The van der Waals surface area contributed by atoms with Crippen LogP contribution < -0.4 is 4.74 Å². The second kappa shape index (κ2) is 9.48. The highest BCUT2D eigenvalue weighted by Gasteiger charge is 2.34. The van der Waals surface area contributed by atoms with E-state index in [0.717, 1.165) is 22.6 Å². The Hall–Kier alpha value is -3.26. The van der Waals surface area contributed by atoms with E-state index in [1.54, 1.807) is 36.1 Å². The van der Waals surface area contributed by atoms with Gasteiger partial charge < -0.3 is 9.64 Å². The zero-order chi connectivity index (χ0) is 22.7. The lowest BCUT2D eigenvalue weighted by molar-refractivity contribution is -0.135. The third-order valence-corrected chi connectivity index (χ3v) is 6.02. The Labute approximate surface area is 187 Å². The van der Waals surface area contributed by atoms with Crippen molar-refractivity contribution in [2.75, 3.05) is 39.8 Å². The second-order valence-corrected chi connectivity index (χ2v) is 8.07. The molecule has 32 heavy (non-hydrogen) atoms. The largest absolute Gasteiger partial charge is 0.497 e. The van der Waals surface area contributed by atoms with Crippen LogP contribution in [0.3, 0.4) is 0 Å². The molecule has 7 nitrogen and oxygen atoms in total. The van der Waals surface area contributed by atoms with Gasteiger partial charge in [0.1, 0.15) is 11.6 Å². The highest BCUT2D eigenvalue weighted by molar-refractivity contribution is 6.03. The van der Waals surface area contributed by atoms with E-state index < -0.39 is 0 Å². The molecule has 0 saturated carbocycles. The maximum atomic E-state index is 13.4. The number of hydrogen-bond donors (Lipinski definition) is 0. The molecule has 0 aliphatic carbocycles. The molecule has 2 amide bonds. The van der Waals surface area contributed by atoms with Crippen LogP contribution in [0.15, 0.2) is 53.6 Å². The molecule has 0 bridgehead atoms. The molecule has 0 unspecified atom stereocenters. The Morgan fingerprint density at radius 1 is 1.03 bits per heavy atom. The minimum atomic E-state index is -0.309. The van der Waals surface area contributed by atoms with Crippen molar-refractivity contribution in [2.45, 2.75) is 19.4 Å².